The quantitative estimate of drug-likeness (QED) is 0.342. The number of hydrogen-bond acceptors (Lipinski definition) is 4. The molecule has 0 aliphatic heterocycles. The SMILES string of the molecule is CC(C)(C)[Si](C)(C)Oc1cccc2c1nc(C(F)F)n2-c1nc(Cl)cc(Cl)n1. The molecule has 150 valence electrons. The molecule has 0 saturated heterocycles. The molecule has 1 aromatic carbocycles. The van der Waals surface area contributed by atoms with E-state index in [1.54, 1.807) is 18.2 Å². The topological polar surface area (TPSA) is 52.8 Å². The summed E-state index contributed by atoms with van der Waals surface area (Å²) in [5.41, 5.74) is 0.715. The number of benzene rings is 1. The summed E-state index contributed by atoms with van der Waals surface area (Å²) in [4.78, 5) is 12.2. The van der Waals surface area contributed by atoms with Crippen LogP contribution in [-0.4, -0.2) is 27.8 Å². The molecule has 0 atom stereocenters. The summed E-state index contributed by atoms with van der Waals surface area (Å²) in [6.07, 6.45) is -2.85. The third-order valence-corrected chi connectivity index (χ3v) is 9.62. The Hall–Kier alpha value is -1.77. The number of alkyl halides is 2. The first-order valence-electron chi connectivity index (χ1n) is 8.60. The number of aromatic nitrogens is 4. The Kier molecular flexibility index (Phi) is 5.42. The number of imidazole rings is 1. The molecule has 0 N–H and O–H groups in total. The molecule has 0 fully saturated rings. The molecule has 5 nitrogen and oxygen atoms in total. The van der Waals surface area contributed by atoms with E-state index in [9.17, 15) is 8.78 Å². The number of hydrogen-bond donors (Lipinski definition) is 0. The molecular formula is C18H20Cl2F2N4OSi. The molecule has 0 saturated carbocycles. The van der Waals surface area contributed by atoms with Gasteiger partial charge in [0.1, 0.15) is 21.6 Å². The highest BCUT2D eigenvalue weighted by Gasteiger charge is 2.39. The monoisotopic (exact) mass is 444 g/mol. The summed E-state index contributed by atoms with van der Waals surface area (Å²) >= 11 is 11.9. The van der Waals surface area contributed by atoms with Crippen LogP contribution >= 0.6 is 23.2 Å². The fourth-order valence-corrected chi connectivity index (χ4v) is 3.87. The average molecular weight is 445 g/mol. The predicted octanol–water partition coefficient (Wildman–Crippen LogP) is 6.44. The van der Waals surface area contributed by atoms with Gasteiger partial charge in [0.2, 0.25) is 5.95 Å². The molecule has 0 aliphatic carbocycles. The van der Waals surface area contributed by atoms with Crippen molar-refractivity contribution in [2.24, 2.45) is 0 Å². The van der Waals surface area contributed by atoms with Crippen molar-refractivity contribution in [1.29, 1.82) is 0 Å². The molecule has 0 bridgehead atoms. The number of nitrogens with zero attached hydrogens (tertiary/aromatic N) is 4. The summed E-state index contributed by atoms with van der Waals surface area (Å²) < 4.78 is 35.0. The summed E-state index contributed by atoms with van der Waals surface area (Å²) in [5, 5.41) is 0.0313. The highest BCUT2D eigenvalue weighted by atomic mass is 35.5. The van der Waals surface area contributed by atoms with Crippen LogP contribution in [0.2, 0.25) is 28.4 Å². The minimum absolute atomic E-state index is 0.0470. The lowest BCUT2D eigenvalue weighted by Gasteiger charge is -2.36. The molecule has 0 amide bonds. The van der Waals surface area contributed by atoms with E-state index in [1.165, 1.54) is 6.07 Å². The van der Waals surface area contributed by atoms with E-state index < -0.39 is 20.6 Å². The van der Waals surface area contributed by atoms with E-state index in [1.807, 2.05) is 0 Å². The van der Waals surface area contributed by atoms with Gasteiger partial charge in [-0.3, -0.25) is 4.57 Å². The van der Waals surface area contributed by atoms with Crippen LogP contribution in [0.25, 0.3) is 17.0 Å². The maximum absolute atomic E-state index is 13.8. The Morgan fingerprint density at radius 1 is 1.07 bits per heavy atom. The van der Waals surface area contributed by atoms with Crippen molar-refractivity contribution in [3.63, 3.8) is 0 Å². The summed E-state index contributed by atoms with van der Waals surface area (Å²) in [5.74, 6) is -0.114. The molecule has 0 unspecified atom stereocenters. The number of para-hydroxylation sites is 1. The zero-order chi connectivity index (χ0) is 20.9. The predicted molar refractivity (Wildman–Crippen MR) is 109 cm³/mol. The van der Waals surface area contributed by atoms with Crippen LogP contribution in [-0.2, 0) is 0 Å². The lowest BCUT2D eigenvalue weighted by atomic mass is 10.2. The Labute approximate surface area is 172 Å². The molecule has 0 aliphatic rings. The van der Waals surface area contributed by atoms with Gasteiger partial charge in [0, 0.05) is 6.07 Å². The van der Waals surface area contributed by atoms with E-state index in [0.29, 0.717) is 16.8 Å². The normalized spacial score (nSPS) is 12.8. The van der Waals surface area contributed by atoms with E-state index in [4.69, 9.17) is 27.6 Å². The molecular weight excluding hydrogens is 425 g/mol. The van der Waals surface area contributed by atoms with Gasteiger partial charge in [0.15, 0.2) is 5.82 Å². The van der Waals surface area contributed by atoms with Gasteiger partial charge in [0.05, 0.1) is 5.52 Å². The highest BCUT2D eigenvalue weighted by Crippen LogP contribution is 2.40. The maximum atomic E-state index is 13.8. The van der Waals surface area contributed by atoms with Crippen molar-refractivity contribution < 1.29 is 13.2 Å². The van der Waals surface area contributed by atoms with Gasteiger partial charge in [0.25, 0.3) is 14.7 Å². The zero-order valence-corrected chi connectivity index (χ0v) is 18.6. The second kappa shape index (κ2) is 7.24. The second-order valence-corrected chi connectivity index (χ2v) is 13.4. The average Bonchev–Trinajstić information content (AvgIpc) is 2.93. The van der Waals surface area contributed by atoms with Crippen LogP contribution in [0, 0.1) is 0 Å². The minimum Gasteiger partial charge on any atom is -0.542 e. The molecule has 28 heavy (non-hydrogen) atoms. The van der Waals surface area contributed by atoms with Gasteiger partial charge >= 0.3 is 0 Å². The smallest absolute Gasteiger partial charge is 0.296 e. The van der Waals surface area contributed by atoms with Crippen LogP contribution in [0.15, 0.2) is 24.3 Å². The van der Waals surface area contributed by atoms with Crippen molar-refractivity contribution in [3.05, 3.63) is 40.4 Å². The van der Waals surface area contributed by atoms with Crippen LogP contribution in [0.5, 0.6) is 5.75 Å². The third-order valence-electron chi connectivity index (χ3n) is 4.89. The molecule has 10 heteroatoms. The fourth-order valence-electron chi connectivity index (χ4n) is 2.44. The van der Waals surface area contributed by atoms with Crippen molar-refractivity contribution >= 4 is 42.6 Å². The van der Waals surface area contributed by atoms with Gasteiger partial charge < -0.3 is 4.43 Å². The van der Waals surface area contributed by atoms with Gasteiger partial charge in [-0.15, -0.1) is 0 Å². The molecule has 3 aromatic rings. The third kappa shape index (κ3) is 3.86. The molecule has 0 spiro atoms. The highest BCUT2D eigenvalue weighted by molar-refractivity contribution is 6.74. The first-order chi connectivity index (χ1) is 12.9. The lowest BCUT2D eigenvalue weighted by molar-refractivity contribution is 0.139. The Balaban J connectivity index is 2.25. The minimum atomic E-state index is -2.85. The van der Waals surface area contributed by atoms with E-state index in [-0.39, 0.29) is 21.3 Å². The zero-order valence-electron chi connectivity index (χ0n) is 16.1. The lowest BCUT2D eigenvalue weighted by Crippen LogP contribution is -2.43. The number of rotatable bonds is 4. The standard InChI is InChI=1S/C18H20Cl2F2N4OSi/c1-18(2,3)28(4,5)27-11-8-6-7-10-14(11)25-16(15(21)22)26(10)17-23-12(19)9-13(20)24-17/h6-9,15H,1-5H3. The molecule has 0 radical (unpaired) electrons. The Morgan fingerprint density at radius 3 is 2.21 bits per heavy atom. The first-order valence-corrected chi connectivity index (χ1v) is 12.3. The number of fused-ring (bicyclic) bond motifs is 1. The van der Waals surface area contributed by atoms with Gasteiger partial charge in [-0.25, -0.2) is 23.7 Å². The molecule has 2 aromatic heterocycles. The first kappa shape index (κ1) is 20.9. The van der Waals surface area contributed by atoms with Gasteiger partial charge in [-0.1, -0.05) is 50.0 Å². The van der Waals surface area contributed by atoms with Crippen molar-refractivity contribution in [2.45, 2.75) is 45.3 Å². The van der Waals surface area contributed by atoms with Crippen LogP contribution in [0.4, 0.5) is 8.78 Å². The van der Waals surface area contributed by atoms with E-state index >= 15 is 0 Å². The maximum Gasteiger partial charge on any atom is 0.296 e. The van der Waals surface area contributed by atoms with E-state index in [0.717, 1.165) is 4.57 Å². The van der Waals surface area contributed by atoms with Crippen LogP contribution in [0.1, 0.15) is 33.0 Å². The van der Waals surface area contributed by atoms with Crippen molar-refractivity contribution in [1.82, 2.24) is 19.5 Å². The van der Waals surface area contributed by atoms with Crippen LogP contribution < -0.4 is 4.43 Å². The summed E-state index contributed by atoms with van der Waals surface area (Å²) in [6.45, 7) is 10.5. The Bertz CT molecular complexity index is 1010. The largest absolute Gasteiger partial charge is 0.542 e. The second-order valence-electron chi connectivity index (χ2n) is 7.91. The Morgan fingerprint density at radius 2 is 1.68 bits per heavy atom. The van der Waals surface area contributed by atoms with Gasteiger partial charge in [-0.05, 0) is 30.3 Å². The summed E-state index contributed by atoms with van der Waals surface area (Å²) in [7, 11) is -2.21. The van der Waals surface area contributed by atoms with Crippen molar-refractivity contribution in [3.8, 4) is 11.7 Å². The molecule has 3 rings (SSSR count). The van der Waals surface area contributed by atoms with Crippen LogP contribution in [0.3, 0.4) is 0 Å². The van der Waals surface area contributed by atoms with Gasteiger partial charge in [-0.2, -0.15) is 0 Å². The molecule has 2 heterocycles. The summed E-state index contributed by atoms with van der Waals surface area (Å²) in [6, 6.07) is 6.45. The van der Waals surface area contributed by atoms with Crippen molar-refractivity contribution in [2.75, 3.05) is 0 Å². The van der Waals surface area contributed by atoms with E-state index in [2.05, 4.69) is 48.8 Å². The number of halogens is 4. The fraction of sp³-hybridized carbons (Fsp3) is 0.389.